The number of primary amides is 1. The number of aryl methyl sites for hydroxylation is 1. The molecule has 0 bridgehead atoms. The maximum atomic E-state index is 13.3. The van der Waals surface area contributed by atoms with Gasteiger partial charge in [-0.05, 0) is 51.3 Å². The molecule has 0 radical (unpaired) electrons. The molecule has 0 spiro atoms. The normalized spacial score (nSPS) is 14.0. The highest BCUT2D eigenvalue weighted by Crippen LogP contribution is 2.29. The lowest BCUT2D eigenvalue weighted by Crippen LogP contribution is -2.64. The molecule has 3 rings (SSSR count). The van der Waals surface area contributed by atoms with E-state index in [1.54, 1.807) is 33.9 Å². The quantitative estimate of drug-likeness (QED) is 0.345. The van der Waals surface area contributed by atoms with E-state index in [1.807, 2.05) is 42.5 Å². The van der Waals surface area contributed by atoms with Crippen LogP contribution in [0.1, 0.15) is 44.6 Å². The molecule has 2 atom stereocenters. The molecule has 9 nitrogen and oxygen atoms in total. The van der Waals surface area contributed by atoms with Crippen LogP contribution in [-0.4, -0.2) is 34.0 Å². The van der Waals surface area contributed by atoms with Gasteiger partial charge in [0.05, 0.1) is 12.5 Å². The van der Waals surface area contributed by atoms with Crippen LogP contribution in [0.2, 0.25) is 0 Å². The zero-order chi connectivity index (χ0) is 26.5. The van der Waals surface area contributed by atoms with E-state index >= 15 is 0 Å². The van der Waals surface area contributed by atoms with E-state index in [0.717, 1.165) is 20.5 Å². The number of ether oxygens (including phenoxy) is 1. The Labute approximate surface area is 214 Å². The first-order chi connectivity index (χ1) is 16.9. The Hall–Kier alpha value is -3.66. The Morgan fingerprint density at radius 1 is 1.14 bits per heavy atom. The SMILES string of the molecule is CC(C(=O)NCc1cc2c(N)nccc2s1)[C@](CCc1ccccc1)(NC(=O)OC(C)(C)C)C(N)=O. The van der Waals surface area contributed by atoms with Crippen LogP contribution in [0, 0.1) is 5.92 Å². The summed E-state index contributed by atoms with van der Waals surface area (Å²) in [4.78, 5) is 43.9. The Balaban J connectivity index is 1.82. The fourth-order valence-corrected chi connectivity index (χ4v) is 4.94. The van der Waals surface area contributed by atoms with Gasteiger partial charge in [-0.15, -0.1) is 11.3 Å². The fraction of sp³-hybridized carbons (Fsp3) is 0.385. The standard InChI is InChI=1S/C26H33N5O4S/c1-16(22(32)30-15-18-14-19-20(36-18)11-13-29-21(19)27)26(23(28)33,31-24(34)35-25(2,3)4)12-10-17-8-6-5-7-9-17/h5-9,11,13-14,16H,10,12,15H2,1-4H3,(H2,27,29)(H2,28,33)(H,30,32)(H,31,34)/t16?,26-/m0/s1. The number of hydrogen-bond acceptors (Lipinski definition) is 7. The van der Waals surface area contributed by atoms with Crippen LogP contribution in [0.3, 0.4) is 0 Å². The molecular weight excluding hydrogens is 478 g/mol. The van der Waals surface area contributed by atoms with Gasteiger partial charge in [-0.3, -0.25) is 9.59 Å². The van der Waals surface area contributed by atoms with E-state index in [9.17, 15) is 14.4 Å². The van der Waals surface area contributed by atoms with Crippen LogP contribution in [0.5, 0.6) is 0 Å². The monoisotopic (exact) mass is 511 g/mol. The minimum absolute atomic E-state index is 0.116. The number of thiophene rings is 1. The van der Waals surface area contributed by atoms with Crippen molar-refractivity contribution < 1.29 is 19.1 Å². The van der Waals surface area contributed by atoms with Crippen LogP contribution < -0.4 is 22.1 Å². The second-order valence-electron chi connectivity index (χ2n) is 9.71. The first-order valence-electron chi connectivity index (χ1n) is 11.7. The summed E-state index contributed by atoms with van der Waals surface area (Å²) in [5, 5.41) is 6.34. The number of nitrogens with zero attached hydrogens (tertiary/aromatic N) is 1. The highest BCUT2D eigenvalue weighted by atomic mass is 32.1. The van der Waals surface area contributed by atoms with E-state index in [-0.39, 0.29) is 13.0 Å². The van der Waals surface area contributed by atoms with E-state index in [1.165, 1.54) is 11.3 Å². The first-order valence-corrected chi connectivity index (χ1v) is 12.5. The number of pyridine rings is 1. The Morgan fingerprint density at radius 3 is 2.44 bits per heavy atom. The maximum absolute atomic E-state index is 13.3. The van der Waals surface area contributed by atoms with Gasteiger partial charge in [0.25, 0.3) is 0 Å². The molecule has 0 aliphatic rings. The number of nitrogen functional groups attached to an aromatic ring is 1. The lowest BCUT2D eigenvalue weighted by Gasteiger charge is -2.37. The lowest BCUT2D eigenvalue weighted by atomic mass is 9.78. The number of amides is 3. The second-order valence-corrected chi connectivity index (χ2v) is 10.9. The highest BCUT2D eigenvalue weighted by Gasteiger charge is 2.47. The van der Waals surface area contributed by atoms with Crippen molar-refractivity contribution in [3.8, 4) is 0 Å². The van der Waals surface area contributed by atoms with Gasteiger partial charge < -0.3 is 26.8 Å². The molecule has 10 heteroatoms. The van der Waals surface area contributed by atoms with Gasteiger partial charge in [0.1, 0.15) is 17.0 Å². The van der Waals surface area contributed by atoms with Crippen LogP contribution in [0.15, 0.2) is 48.7 Å². The molecule has 0 saturated carbocycles. The molecule has 2 heterocycles. The summed E-state index contributed by atoms with van der Waals surface area (Å²) >= 11 is 1.49. The Kier molecular flexibility index (Phi) is 8.19. The number of nitrogens with two attached hydrogens (primary N) is 2. The summed E-state index contributed by atoms with van der Waals surface area (Å²) in [6.45, 7) is 6.95. The van der Waals surface area contributed by atoms with Gasteiger partial charge >= 0.3 is 6.09 Å². The van der Waals surface area contributed by atoms with Crippen LogP contribution >= 0.6 is 11.3 Å². The molecule has 0 aliphatic carbocycles. The molecule has 1 unspecified atom stereocenters. The summed E-state index contributed by atoms with van der Waals surface area (Å²) in [6.07, 6.45) is 1.35. The van der Waals surface area contributed by atoms with Crippen molar-refractivity contribution >= 4 is 45.1 Å². The number of anilines is 1. The van der Waals surface area contributed by atoms with Crippen molar-refractivity contribution in [1.29, 1.82) is 0 Å². The Morgan fingerprint density at radius 2 is 1.83 bits per heavy atom. The molecule has 3 aromatic rings. The molecule has 3 amide bonds. The first kappa shape index (κ1) is 26.9. The van der Waals surface area contributed by atoms with Crippen LogP contribution in [-0.2, 0) is 27.3 Å². The van der Waals surface area contributed by atoms with E-state index in [4.69, 9.17) is 16.2 Å². The second kappa shape index (κ2) is 10.9. The summed E-state index contributed by atoms with van der Waals surface area (Å²) in [5.41, 5.74) is 10.3. The third-order valence-electron chi connectivity index (χ3n) is 5.91. The minimum atomic E-state index is -1.67. The molecule has 1 aromatic carbocycles. The topological polar surface area (TPSA) is 149 Å². The third-order valence-corrected chi connectivity index (χ3v) is 7.01. The average Bonchev–Trinajstić information content (AvgIpc) is 3.23. The summed E-state index contributed by atoms with van der Waals surface area (Å²) in [7, 11) is 0. The molecule has 6 N–H and O–H groups in total. The lowest BCUT2D eigenvalue weighted by molar-refractivity contribution is -0.136. The van der Waals surface area contributed by atoms with Crippen molar-refractivity contribution in [2.45, 2.75) is 58.2 Å². The Bertz CT molecular complexity index is 1240. The number of benzene rings is 1. The molecule has 0 saturated heterocycles. The van der Waals surface area contributed by atoms with Gasteiger partial charge in [-0.1, -0.05) is 37.3 Å². The van der Waals surface area contributed by atoms with Crippen molar-refractivity contribution in [2.24, 2.45) is 11.7 Å². The van der Waals surface area contributed by atoms with Gasteiger partial charge in [0.15, 0.2) is 0 Å². The molecule has 2 aromatic heterocycles. The third kappa shape index (κ3) is 6.51. The number of hydrogen-bond donors (Lipinski definition) is 4. The molecular formula is C26H33N5O4S. The number of alkyl carbamates (subject to hydrolysis) is 1. The fourth-order valence-electron chi connectivity index (χ4n) is 3.93. The van der Waals surface area contributed by atoms with Crippen molar-refractivity contribution in [3.63, 3.8) is 0 Å². The van der Waals surface area contributed by atoms with Crippen molar-refractivity contribution in [2.75, 3.05) is 5.73 Å². The highest BCUT2D eigenvalue weighted by molar-refractivity contribution is 7.19. The predicted octanol–water partition coefficient (Wildman–Crippen LogP) is 3.51. The number of fused-ring (bicyclic) bond motifs is 1. The van der Waals surface area contributed by atoms with Crippen molar-refractivity contribution in [1.82, 2.24) is 15.6 Å². The number of nitrogens with one attached hydrogen (secondary N) is 2. The number of rotatable bonds is 9. The van der Waals surface area contributed by atoms with Crippen LogP contribution in [0.4, 0.5) is 10.6 Å². The van der Waals surface area contributed by atoms with Gasteiger partial charge in [0.2, 0.25) is 11.8 Å². The smallest absolute Gasteiger partial charge is 0.408 e. The zero-order valence-corrected chi connectivity index (χ0v) is 21.8. The number of carbonyl (C=O) groups is 3. The molecule has 36 heavy (non-hydrogen) atoms. The minimum Gasteiger partial charge on any atom is -0.444 e. The molecule has 0 aliphatic heterocycles. The summed E-state index contributed by atoms with van der Waals surface area (Å²) < 4.78 is 6.35. The van der Waals surface area contributed by atoms with Gasteiger partial charge in [-0.25, -0.2) is 9.78 Å². The molecule has 0 fully saturated rings. The van der Waals surface area contributed by atoms with Gasteiger partial charge in [-0.2, -0.15) is 0 Å². The van der Waals surface area contributed by atoms with E-state index < -0.39 is 35.0 Å². The zero-order valence-electron chi connectivity index (χ0n) is 21.0. The predicted molar refractivity (Wildman–Crippen MR) is 141 cm³/mol. The van der Waals surface area contributed by atoms with Crippen LogP contribution in [0.25, 0.3) is 10.1 Å². The number of aromatic nitrogens is 1. The molecule has 192 valence electrons. The van der Waals surface area contributed by atoms with Gasteiger partial charge in [0, 0.05) is 21.2 Å². The summed E-state index contributed by atoms with van der Waals surface area (Å²) in [5.74, 6) is -1.80. The van der Waals surface area contributed by atoms with E-state index in [0.29, 0.717) is 12.2 Å². The van der Waals surface area contributed by atoms with Crippen molar-refractivity contribution in [3.05, 3.63) is 59.1 Å². The average molecular weight is 512 g/mol. The maximum Gasteiger partial charge on any atom is 0.408 e. The van der Waals surface area contributed by atoms with E-state index in [2.05, 4.69) is 15.6 Å². The summed E-state index contributed by atoms with van der Waals surface area (Å²) in [6, 6.07) is 13.2. The number of carbonyl (C=O) groups excluding carboxylic acids is 3. The largest absolute Gasteiger partial charge is 0.444 e.